The third-order valence-corrected chi connectivity index (χ3v) is 6.61. The van der Waals surface area contributed by atoms with Crippen LogP contribution >= 0.6 is 0 Å². The van der Waals surface area contributed by atoms with Gasteiger partial charge in [0.1, 0.15) is 0 Å². The average molecular weight is 984 g/mol. The fourth-order valence-corrected chi connectivity index (χ4v) is 4.46. The fourth-order valence-electron chi connectivity index (χ4n) is 4.46. The number of hydrogen-bond donors (Lipinski definition) is 0. The van der Waals surface area contributed by atoms with E-state index in [4.69, 9.17) is 30.6 Å². The Kier molecular flexibility index (Phi) is 32.7. The number of carboxylic acid groups (broad SMARTS) is 2. The molecule has 20 nitrogen and oxygen atoms in total. The van der Waals surface area contributed by atoms with E-state index in [9.17, 15) is 19.8 Å². The quantitative estimate of drug-likeness (QED) is 0.0578. The number of carbonyl (C=O) groups excluding carboxylic acids is 2. The number of aryl methyl sites for hydroxylation is 4. The van der Waals surface area contributed by atoms with Gasteiger partial charge in [-0.15, -0.1) is 0 Å². The summed E-state index contributed by atoms with van der Waals surface area (Å²) in [6, 6.07) is 24.9. The molecule has 10 N–H and O–H groups in total. The summed E-state index contributed by atoms with van der Waals surface area (Å²) in [7, 11) is 0. The van der Waals surface area contributed by atoms with Crippen molar-refractivity contribution in [3.05, 3.63) is 126 Å². The molecule has 0 amide bonds. The van der Waals surface area contributed by atoms with Gasteiger partial charge in [-0.25, -0.2) is 0 Å². The number of benzene rings is 2. The van der Waals surface area contributed by atoms with E-state index in [1.165, 1.54) is 0 Å². The number of aromatic nitrogens is 4. The van der Waals surface area contributed by atoms with E-state index in [1.54, 1.807) is 0 Å². The zero-order chi connectivity index (χ0) is 37.4. The predicted molar refractivity (Wildman–Crippen MR) is 199 cm³/mol. The molecule has 0 atom stereocenters. The van der Waals surface area contributed by atoms with Crippen LogP contribution in [0.1, 0.15) is 48.5 Å². The van der Waals surface area contributed by atoms with Crippen LogP contribution in [0.4, 0.5) is 0 Å². The number of carboxylic acids is 2. The Morgan fingerprint density at radius 3 is 0.786 bits per heavy atom. The summed E-state index contributed by atoms with van der Waals surface area (Å²) in [5.74, 6) is -2.28. The van der Waals surface area contributed by atoms with Crippen LogP contribution in [0.2, 0.25) is 0 Å². The molecule has 6 rings (SSSR count). The number of hydrogen-bond acceptors (Lipinski definition) is 14. The normalized spacial score (nSPS) is 8.86. The molecule has 0 saturated heterocycles. The molecule has 0 aliphatic carbocycles. The summed E-state index contributed by atoms with van der Waals surface area (Å²) in [6.07, 6.45) is 0.535. The molecule has 0 unspecified atom stereocenters. The molecule has 0 aliphatic rings. The first-order valence-electron chi connectivity index (χ1n) is 14.9. The first-order valence-corrected chi connectivity index (χ1v) is 14.9. The second-order valence-electron chi connectivity index (χ2n) is 10.6. The Labute approximate surface area is 359 Å². The van der Waals surface area contributed by atoms with Crippen molar-refractivity contribution < 1.29 is 106 Å². The van der Waals surface area contributed by atoms with Crippen LogP contribution in [0.25, 0.3) is 43.6 Å². The van der Waals surface area contributed by atoms with Gasteiger partial charge in [0.05, 0.1) is 32.2 Å². The molecule has 0 radical (unpaired) electrons. The molecule has 0 bridgehead atoms. The van der Waals surface area contributed by atoms with Crippen molar-refractivity contribution in [2.75, 3.05) is 0 Å². The first-order chi connectivity index (χ1) is 23.6. The van der Waals surface area contributed by atoms with Crippen LogP contribution in [0, 0.1) is 58.3 Å². The Morgan fingerprint density at radius 1 is 0.464 bits per heavy atom. The summed E-state index contributed by atoms with van der Waals surface area (Å²) in [6.45, 7) is 8.03. The van der Waals surface area contributed by atoms with Gasteiger partial charge in [0.2, 0.25) is 0 Å². The molecule has 4 aromatic heterocycles. The molecule has 4 heterocycles. The summed E-state index contributed by atoms with van der Waals surface area (Å²) in [5, 5.41) is 53.6. The summed E-state index contributed by atoms with van der Waals surface area (Å²) in [5.41, 5.74) is 8.13. The van der Waals surface area contributed by atoms with Gasteiger partial charge < -0.3 is 72.4 Å². The number of unbranched alkanes of at least 4 members (excludes halogenated alkanes) is 1. The third kappa shape index (κ3) is 21.9. The van der Waals surface area contributed by atoms with Crippen molar-refractivity contribution in [1.29, 1.82) is 0 Å². The van der Waals surface area contributed by atoms with E-state index in [0.717, 1.165) is 66.4 Å². The molecular formula is C34H42Cd2N6O14+2. The van der Waals surface area contributed by atoms with Crippen molar-refractivity contribution in [1.82, 2.24) is 19.9 Å². The van der Waals surface area contributed by atoms with Crippen LogP contribution < -0.4 is 10.2 Å². The standard InChI is InChI=1S/2C14H12N2.C6H10O4.2Cd.2NO3.4H2O/c2*1-9-3-5-11-7-8-12-6-4-10(2)16-14(12)13(11)15-9;7-5(8)3-1-2-4-6(9)10;;;2*2-1(3)4;;;;/h2*3-8H,1-2H3;1-4H2,(H,7,8)(H,9,10);;;;;4*1H2/q;;;2*+2;2*-1;;;;. The Bertz CT molecular complexity index is 1870. The molecule has 2 aromatic carbocycles. The van der Waals surface area contributed by atoms with Gasteiger partial charge in [-0.3, -0.25) is 19.9 Å². The molecule has 294 valence electrons. The third-order valence-electron chi connectivity index (χ3n) is 6.61. The largest absolute Gasteiger partial charge is 2.00 e. The number of fused-ring (bicyclic) bond motifs is 6. The van der Waals surface area contributed by atoms with E-state index < -0.39 is 22.1 Å². The number of carbonyl (C=O) groups is 2. The van der Waals surface area contributed by atoms with E-state index in [1.807, 2.05) is 52.0 Å². The van der Waals surface area contributed by atoms with Crippen molar-refractivity contribution in [2.24, 2.45) is 0 Å². The minimum absolute atomic E-state index is 0. The fraction of sp³-hybridized carbons (Fsp3) is 0.235. The Hall–Kier alpha value is -4.90. The van der Waals surface area contributed by atoms with Crippen molar-refractivity contribution >= 4 is 55.6 Å². The zero-order valence-electron chi connectivity index (χ0n) is 31.1. The Morgan fingerprint density at radius 2 is 0.625 bits per heavy atom. The van der Waals surface area contributed by atoms with Crippen LogP contribution in [0.15, 0.2) is 72.8 Å². The number of nitrogens with zero attached hydrogens (tertiary/aromatic N) is 6. The smallest absolute Gasteiger partial charge is 0.550 e. The van der Waals surface area contributed by atoms with Gasteiger partial charge in [0.15, 0.2) is 0 Å². The maximum Gasteiger partial charge on any atom is 2.00 e. The van der Waals surface area contributed by atoms with Gasteiger partial charge in [0.25, 0.3) is 0 Å². The first kappa shape index (κ1) is 60.4. The van der Waals surface area contributed by atoms with Crippen LogP contribution in [-0.2, 0) is 75.1 Å². The number of rotatable bonds is 5. The number of aliphatic carboxylic acids is 2. The monoisotopic (exact) mass is 986 g/mol. The molecule has 56 heavy (non-hydrogen) atoms. The minimum atomic E-state index is -1.75. The topological polar surface area (TPSA) is 393 Å². The maximum absolute atomic E-state index is 9.77. The van der Waals surface area contributed by atoms with Gasteiger partial charge in [-0.1, -0.05) is 48.5 Å². The summed E-state index contributed by atoms with van der Waals surface area (Å²) >= 11 is 0. The predicted octanol–water partition coefficient (Wildman–Crippen LogP) is 0.870. The molecule has 0 spiro atoms. The Balaban J connectivity index is -0.000000206. The summed E-state index contributed by atoms with van der Waals surface area (Å²) in [4.78, 5) is 54.4. The van der Waals surface area contributed by atoms with E-state index in [-0.39, 0.29) is 89.3 Å². The van der Waals surface area contributed by atoms with Gasteiger partial charge >= 0.3 is 54.6 Å². The SMILES string of the molecule is Cc1ccc2ccc3ccc(C)nc3c2n1.Cc1ccc2ccc3ccc(C)nc3c2n1.O.O.O=C([O-])CCCCC(=O)[O-].O=[N+]([O-])[O-].O=[N+]([O-])[O-].[Cd+2].[Cd+2].[OH3+].[OH3+]. The van der Waals surface area contributed by atoms with Crippen molar-refractivity contribution in [3.8, 4) is 0 Å². The zero-order valence-corrected chi connectivity index (χ0v) is 39.2. The van der Waals surface area contributed by atoms with Crippen LogP contribution in [-0.4, -0.2) is 53.0 Å². The van der Waals surface area contributed by atoms with Gasteiger partial charge in [-0.2, -0.15) is 0 Å². The van der Waals surface area contributed by atoms with E-state index >= 15 is 0 Å². The number of pyridine rings is 4. The second-order valence-corrected chi connectivity index (χ2v) is 10.6. The van der Waals surface area contributed by atoms with Crippen molar-refractivity contribution in [3.63, 3.8) is 0 Å². The molecule has 0 fully saturated rings. The summed E-state index contributed by atoms with van der Waals surface area (Å²) < 4.78 is 0. The molecule has 6 aromatic rings. The minimum Gasteiger partial charge on any atom is -0.550 e. The van der Waals surface area contributed by atoms with Gasteiger partial charge in [0, 0.05) is 56.3 Å². The van der Waals surface area contributed by atoms with E-state index in [0.29, 0.717) is 12.8 Å². The average Bonchev–Trinajstić information content (AvgIpc) is 3.03. The molecule has 22 heteroatoms. The molecular weight excluding hydrogens is 941 g/mol. The van der Waals surface area contributed by atoms with Crippen LogP contribution in [0.5, 0.6) is 0 Å². The molecule has 0 saturated carbocycles. The van der Waals surface area contributed by atoms with Crippen LogP contribution in [0.3, 0.4) is 0 Å². The van der Waals surface area contributed by atoms with Gasteiger partial charge in [-0.05, 0) is 77.6 Å². The maximum atomic E-state index is 9.77. The van der Waals surface area contributed by atoms with Crippen molar-refractivity contribution in [2.45, 2.75) is 53.4 Å². The van der Waals surface area contributed by atoms with E-state index in [2.05, 4.69) is 68.5 Å². The second kappa shape index (κ2) is 30.3. The molecule has 0 aliphatic heterocycles.